The fourth-order valence-corrected chi connectivity index (χ4v) is 6.18. The molecule has 204 valence electrons. The average molecular weight is 633 g/mol. The van der Waals surface area contributed by atoms with Crippen LogP contribution in [0.2, 0.25) is 5.02 Å². The second-order valence-electron chi connectivity index (χ2n) is 9.67. The molecule has 6 rings (SSSR count). The van der Waals surface area contributed by atoms with Gasteiger partial charge in [0.05, 0.1) is 22.3 Å². The molecule has 1 saturated carbocycles. The fraction of sp³-hybridized carbons (Fsp3) is 0.320. The first kappa shape index (κ1) is 26.2. The molecule has 3 atom stereocenters. The van der Waals surface area contributed by atoms with Gasteiger partial charge in [-0.05, 0) is 58.5 Å². The monoisotopic (exact) mass is 631 g/mol. The van der Waals surface area contributed by atoms with Crippen molar-refractivity contribution in [1.82, 2.24) is 25.1 Å². The standard InChI is InChI=1S/C25H17BrClF6N5O/c26-14-6-16-21(15(27)7-34-16)36-20(14)17(3-9-1-10(28)4-11(29)2-9)35-18(39)8-38-23-19(22(37-38)24(30)31)12-5-13(12)25(23,32)33/h1-2,4,6-7,12-13,17,24,34H,3,5,8H2,(H,35,39)/t12-,13+,17?/m0/s1. The van der Waals surface area contributed by atoms with E-state index in [1.165, 1.54) is 6.20 Å². The van der Waals surface area contributed by atoms with Crippen LogP contribution in [-0.4, -0.2) is 25.7 Å². The van der Waals surface area contributed by atoms with E-state index in [1.807, 2.05) is 0 Å². The minimum Gasteiger partial charge on any atom is -0.358 e. The number of carbonyl (C=O) groups is 1. The van der Waals surface area contributed by atoms with Crippen LogP contribution < -0.4 is 5.32 Å². The van der Waals surface area contributed by atoms with Gasteiger partial charge in [-0.25, -0.2) is 22.5 Å². The van der Waals surface area contributed by atoms with Crippen molar-refractivity contribution in [1.29, 1.82) is 0 Å². The lowest BCUT2D eigenvalue weighted by molar-refractivity contribution is -0.123. The number of fused-ring (bicyclic) bond motifs is 4. The molecule has 0 saturated heterocycles. The lowest BCUT2D eigenvalue weighted by Crippen LogP contribution is -2.35. The summed E-state index contributed by atoms with van der Waals surface area (Å²) in [6.45, 7) is -0.775. The minimum atomic E-state index is -3.39. The number of hydrogen-bond donors (Lipinski definition) is 2. The molecule has 1 unspecified atom stereocenters. The number of benzene rings is 1. The Hall–Kier alpha value is -3.06. The molecule has 0 bridgehead atoms. The van der Waals surface area contributed by atoms with Crippen LogP contribution in [0, 0.1) is 17.6 Å². The molecule has 2 aliphatic rings. The van der Waals surface area contributed by atoms with E-state index in [4.69, 9.17) is 11.6 Å². The summed E-state index contributed by atoms with van der Waals surface area (Å²) in [5.41, 5.74) is -0.235. The van der Waals surface area contributed by atoms with Crippen LogP contribution in [0.3, 0.4) is 0 Å². The molecule has 0 spiro atoms. The highest BCUT2D eigenvalue weighted by Gasteiger charge is 2.67. The molecule has 6 nitrogen and oxygen atoms in total. The normalized spacial score (nSPS) is 19.8. The third-order valence-electron chi connectivity index (χ3n) is 7.07. The van der Waals surface area contributed by atoms with Crippen LogP contribution in [0.25, 0.3) is 11.0 Å². The summed E-state index contributed by atoms with van der Waals surface area (Å²) >= 11 is 9.59. The Bertz CT molecular complexity index is 1620. The minimum absolute atomic E-state index is 0.0910. The topological polar surface area (TPSA) is 75.6 Å². The molecule has 0 radical (unpaired) electrons. The van der Waals surface area contributed by atoms with E-state index in [-0.39, 0.29) is 34.7 Å². The second-order valence-corrected chi connectivity index (χ2v) is 10.9. The number of nitrogens with one attached hydrogen (secondary N) is 2. The van der Waals surface area contributed by atoms with E-state index in [0.29, 0.717) is 26.3 Å². The number of hydrogen-bond acceptors (Lipinski definition) is 3. The highest BCUT2D eigenvalue weighted by atomic mass is 79.9. The number of alkyl halides is 4. The second kappa shape index (κ2) is 9.26. The van der Waals surface area contributed by atoms with Crippen molar-refractivity contribution >= 4 is 44.5 Å². The van der Waals surface area contributed by atoms with Gasteiger partial charge in [0.15, 0.2) is 0 Å². The largest absolute Gasteiger partial charge is 0.358 e. The number of H-pyrrole nitrogens is 1. The molecule has 1 aromatic carbocycles. The molecule has 14 heteroatoms. The average Bonchev–Trinajstić information content (AvgIpc) is 3.36. The van der Waals surface area contributed by atoms with E-state index in [1.54, 1.807) is 6.07 Å². The van der Waals surface area contributed by atoms with Crippen molar-refractivity contribution in [3.05, 3.63) is 79.8 Å². The van der Waals surface area contributed by atoms with Gasteiger partial charge >= 0.3 is 0 Å². The summed E-state index contributed by atoms with van der Waals surface area (Å²) in [7, 11) is 0. The molecular formula is C25H17BrClF6N5O. The molecule has 2 N–H and O–H groups in total. The Morgan fingerprint density at radius 1 is 1.21 bits per heavy atom. The van der Waals surface area contributed by atoms with Gasteiger partial charge in [-0.2, -0.15) is 13.9 Å². The molecule has 0 aliphatic heterocycles. The van der Waals surface area contributed by atoms with Crippen molar-refractivity contribution in [2.24, 2.45) is 5.92 Å². The quantitative estimate of drug-likeness (QED) is 0.223. The lowest BCUT2D eigenvalue weighted by Gasteiger charge is -2.21. The van der Waals surface area contributed by atoms with Crippen molar-refractivity contribution in [2.75, 3.05) is 0 Å². The predicted molar refractivity (Wildman–Crippen MR) is 132 cm³/mol. The molecule has 3 aromatic heterocycles. The zero-order chi connectivity index (χ0) is 27.8. The van der Waals surface area contributed by atoms with Gasteiger partial charge in [0.1, 0.15) is 35.1 Å². The molecular weight excluding hydrogens is 616 g/mol. The number of nitrogens with zero attached hydrogens (tertiary/aromatic N) is 3. The maximum absolute atomic E-state index is 14.9. The van der Waals surface area contributed by atoms with E-state index in [2.05, 4.69) is 36.3 Å². The van der Waals surface area contributed by atoms with Crippen LogP contribution >= 0.6 is 27.5 Å². The summed E-state index contributed by atoms with van der Waals surface area (Å²) in [5.74, 6) is -7.68. The first-order chi connectivity index (χ1) is 18.4. The van der Waals surface area contributed by atoms with Crippen LogP contribution in [-0.2, 0) is 23.7 Å². The van der Waals surface area contributed by atoms with Gasteiger partial charge in [0.25, 0.3) is 12.3 Å². The molecule has 1 fully saturated rings. The van der Waals surface area contributed by atoms with Gasteiger partial charge < -0.3 is 10.3 Å². The third-order valence-corrected chi connectivity index (χ3v) is 7.99. The summed E-state index contributed by atoms with van der Waals surface area (Å²) in [4.78, 5) is 20.6. The molecule has 3 heterocycles. The molecule has 1 amide bonds. The Kier molecular flexibility index (Phi) is 6.21. The maximum Gasteiger partial charge on any atom is 0.293 e. The Morgan fingerprint density at radius 2 is 1.92 bits per heavy atom. The first-order valence-electron chi connectivity index (χ1n) is 11.8. The number of aromatic amines is 1. The van der Waals surface area contributed by atoms with Gasteiger partial charge in [0, 0.05) is 28.2 Å². The fourth-order valence-electron chi connectivity index (χ4n) is 5.38. The molecule has 2 aliphatic carbocycles. The number of amides is 1. The van der Waals surface area contributed by atoms with Crippen LogP contribution in [0.15, 0.2) is 34.9 Å². The zero-order valence-electron chi connectivity index (χ0n) is 19.6. The lowest BCUT2D eigenvalue weighted by atomic mass is 10.0. The summed E-state index contributed by atoms with van der Waals surface area (Å²) in [6.07, 6.45) is -1.62. The zero-order valence-corrected chi connectivity index (χ0v) is 21.9. The van der Waals surface area contributed by atoms with E-state index in [9.17, 15) is 31.1 Å². The molecule has 39 heavy (non-hydrogen) atoms. The third kappa shape index (κ3) is 4.48. The van der Waals surface area contributed by atoms with E-state index in [0.717, 1.165) is 12.1 Å². The van der Waals surface area contributed by atoms with Gasteiger partial charge in [0.2, 0.25) is 5.91 Å². The maximum atomic E-state index is 14.9. The summed E-state index contributed by atoms with van der Waals surface area (Å²) in [5, 5.41) is 6.60. The van der Waals surface area contributed by atoms with Gasteiger partial charge in [-0.1, -0.05) is 11.6 Å². The summed E-state index contributed by atoms with van der Waals surface area (Å²) < 4.78 is 86.0. The Balaban J connectivity index is 1.35. The SMILES string of the molecule is O=C(Cn1nc(C(F)F)c2c1C(F)(F)[C@@H]1C[C@H]21)NC(Cc1cc(F)cc(F)c1)c1nc2c(Cl)c[nH]c2cc1Br. The van der Waals surface area contributed by atoms with Crippen LogP contribution in [0.4, 0.5) is 26.3 Å². The van der Waals surface area contributed by atoms with Crippen molar-refractivity contribution in [2.45, 2.75) is 43.7 Å². The summed E-state index contributed by atoms with van der Waals surface area (Å²) in [6, 6.07) is 3.49. The number of carbonyl (C=O) groups excluding carboxylic acids is 1. The number of pyridine rings is 1. The number of rotatable bonds is 7. The van der Waals surface area contributed by atoms with Crippen LogP contribution in [0.1, 0.15) is 53.0 Å². The van der Waals surface area contributed by atoms with Gasteiger partial charge in [-0.15, -0.1) is 0 Å². The molecule has 4 aromatic rings. The number of halogens is 8. The van der Waals surface area contributed by atoms with Crippen molar-refractivity contribution < 1.29 is 31.1 Å². The predicted octanol–water partition coefficient (Wildman–Crippen LogP) is 6.70. The highest BCUT2D eigenvalue weighted by molar-refractivity contribution is 9.10. The van der Waals surface area contributed by atoms with E-state index >= 15 is 0 Å². The van der Waals surface area contributed by atoms with Crippen molar-refractivity contribution in [3.63, 3.8) is 0 Å². The van der Waals surface area contributed by atoms with Crippen LogP contribution in [0.5, 0.6) is 0 Å². The Morgan fingerprint density at radius 3 is 2.62 bits per heavy atom. The Labute approximate surface area is 229 Å². The number of aromatic nitrogens is 4. The van der Waals surface area contributed by atoms with Gasteiger partial charge in [-0.3, -0.25) is 9.48 Å². The van der Waals surface area contributed by atoms with E-state index < -0.39 is 65.7 Å². The van der Waals surface area contributed by atoms with Crippen molar-refractivity contribution in [3.8, 4) is 0 Å². The highest BCUT2D eigenvalue weighted by Crippen LogP contribution is 2.68. The smallest absolute Gasteiger partial charge is 0.293 e. The first-order valence-corrected chi connectivity index (χ1v) is 13.0.